The van der Waals surface area contributed by atoms with E-state index in [0.717, 1.165) is 12.1 Å². The standard InChI is InChI=1S/C11H13N3O8/c1-20-5-4-12-11(17)13-8(15)6-21-10(16)7-2-3-9(22-7)14(18)19/h2-3H,4-6H2,1H3,(H2,12,13,15,17). The number of ether oxygens (including phenoxy) is 2. The maximum atomic E-state index is 11.4. The van der Waals surface area contributed by atoms with Gasteiger partial charge in [-0.3, -0.25) is 20.2 Å². The minimum Gasteiger partial charge on any atom is -0.450 e. The number of hydrogen-bond acceptors (Lipinski definition) is 8. The van der Waals surface area contributed by atoms with E-state index < -0.39 is 41.1 Å². The summed E-state index contributed by atoms with van der Waals surface area (Å²) in [7, 11) is 1.45. The van der Waals surface area contributed by atoms with Crippen LogP contribution in [0.2, 0.25) is 0 Å². The van der Waals surface area contributed by atoms with Crippen molar-refractivity contribution in [3.8, 4) is 0 Å². The molecule has 1 aromatic rings. The van der Waals surface area contributed by atoms with E-state index in [2.05, 4.69) is 19.2 Å². The Morgan fingerprint density at radius 1 is 1.36 bits per heavy atom. The normalized spacial score (nSPS) is 9.86. The van der Waals surface area contributed by atoms with E-state index in [0.29, 0.717) is 0 Å². The van der Waals surface area contributed by atoms with Gasteiger partial charge in [-0.1, -0.05) is 0 Å². The molecule has 1 heterocycles. The molecular weight excluding hydrogens is 302 g/mol. The van der Waals surface area contributed by atoms with Gasteiger partial charge < -0.3 is 19.2 Å². The highest BCUT2D eigenvalue weighted by atomic mass is 16.7. The van der Waals surface area contributed by atoms with Crippen molar-refractivity contribution >= 4 is 23.8 Å². The number of nitrogens with one attached hydrogen (secondary N) is 2. The van der Waals surface area contributed by atoms with Crippen molar-refractivity contribution < 1.29 is 33.2 Å². The summed E-state index contributed by atoms with van der Waals surface area (Å²) in [4.78, 5) is 43.5. The fourth-order valence-electron chi connectivity index (χ4n) is 1.21. The van der Waals surface area contributed by atoms with Gasteiger partial charge in [0.05, 0.1) is 12.7 Å². The minimum absolute atomic E-state index is 0.200. The Balaban J connectivity index is 2.35. The summed E-state index contributed by atoms with van der Waals surface area (Å²) in [5.41, 5.74) is 0. The van der Waals surface area contributed by atoms with Crippen LogP contribution in [0.1, 0.15) is 10.6 Å². The number of urea groups is 1. The first-order valence-corrected chi connectivity index (χ1v) is 5.92. The maximum Gasteiger partial charge on any atom is 0.433 e. The smallest absolute Gasteiger partial charge is 0.433 e. The minimum atomic E-state index is -1.07. The van der Waals surface area contributed by atoms with Crippen molar-refractivity contribution in [2.24, 2.45) is 0 Å². The zero-order valence-corrected chi connectivity index (χ0v) is 11.5. The molecule has 1 rings (SSSR count). The van der Waals surface area contributed by atoms with E-state index in [1.807, 2.05) is 5.32 Å². The Labute approximate surface area is 123 Å². The highest BCUT2D eigenvalue weighted by molar-refractivity contribution is 5.96. The summed E-state index contributed by atoms with van der Waals surface area (Å²) in [6.07, 6.45) is 0. The number of imide groups is 1. The third-order valence-electron chi connectivity index (χ3n) is 2.15. The molecule has 0 bridgehead atoms. The monoisotopic (exact) mass is 315 g/mol. The molecule has 1 aromatic heterocycles. The molecule has 11 nitrogen and oxygen atoms in total. The topological polar surface area (TPSA) is 150 Å². The number of methoxy groups -OCH3 is 1. The van der Waals surface area contributed by atoms with Crippen LogP contribution in [0.3, 0.4) is 0 Å². The summed E-state index contributed by atoms with van der Waals surface area (Å²) >= 11 is 0. The molecule has 0 aliphatic heterocycles. The molecule has 3 amide bonds. The summed E-state index contributed by atoms with van der Waals surface area (Å²) in [5.74, 6) is -3.00. The predicted octanol–water partition coefficient (Wildman–Crippen LogP) is -0.183. The van der Waals surface area contributed by atoms with Gasteiger partial charge in [0.25, 0.3) is 5.91 Å². The summed E-state index contributed by atoms with van der Waals surface area (Å²) in [6.45, 7) is -0.273. The number of amides is 3. The van der Waals surface area contributed by atoms with E-state index in [9.17, 15) is 24.5 Å². The van der Waals surface area contributed by atoms with Crippen LogP contribution in [0, 0.1) is 10.1 Å². The van der Waals surface area contributed by atoms with Crippen LogP contribution in [-0.4, -0.2) is 49.7 Å². The molecule has 120 valence electrons. The lowest BCUT2D eigenvalue weighted by molar-refractivity contribution is -0.402. The van der Waals surface area contributed by atoms with Crippen LogP contribution in [0.5, 0.6) is 0 Å². The first-order valence-electron chi connectivity index (χ1n) is 5.92. The van der Waals surface area contributed by atoms with Gasteiger partial charge in [-0.25, -0.2) is 9.59 Å². The number of nitrogens with zero attached hydrogens (tertiary/aromatic N) is 1. The van der Waals surface area contributed by atoms with E-state index in [1.165, 1.54) is 7.11 Å². The molecule has 0 atom stereocenters. The number of hydrogen-bond donors (Lipinski definition) is 2. The van der Waals surface area contributed by atoms with Gasteiger partial charge in [-0.2, -0.15) is 0 Å². The van der Waals surface area contributed by atoms with Gasteiger partial charge >= 0.3 is 17.9 Å². The number of carbonyl (C=O) groups is 3. The molecule has 0 aliphatic carbocycles. The average Bonchev–Trinajstić information content (AvgIpc) is 2.95. The number of esters is 1. The van der Waals surface area contributed by atoms with Crippen molar-refractivity contribution in [3.63, 3.8) is 0 Å². The third-order valence-corrected chi connectivity index (χ3v) is 2.15. The molecular formula is C11H13N3O8. The molecule has 0 radical (unpaired) electrons. The van der Waals surface area contributed by atoms with Gasteiger partial charge in [0.15, 0.2) is 6.61 Å². The molecule has 0 fully saturated rings. The molecule has 0 unspecified atom stereocenters. The van der Waals surface area contributed by atoms with Gasteiger partial charge in [-0.15, -0.1) is 0 Å². The summed E-state index contributed by atoms with van der Waals surface area (Å²) < 4.78 is 13.8. The second kappa shape index (κ2) is 8.36. The fourth-order valence-corrected chi connectivity index (χ4v) is 1.21. The third kappa shape index (κ3) is 5.58. The molecule has 0 saturated heterocycles. The molecule has 22 heavy (non-hydrogen) atoms. The van der Waals surface area contributed by atoms with E-state index in [1.54, 1.807) is 0 Å². The Morgan fingerprint density at radius 2 is 2.09 bits per heavy atom. The first-order chi connectivity index (χ1) is 10.4. The lowest BCUT2D eigenvalue weighted by Crippen LogP contribution is -2.42. The molecule has 0 saturated carbocycles. The van der Waals surface area contributed by atoms with Crippen LogP contribution in [-0.2, 0) is 14.3 Å². The van der Waals surface area contributed by atoms with E-state index in [4.69, 9.17) is 0 Å². The van der Waals surface area contributed by atoms with Gasteiger partial charge in [0.2, 0.25) is 5.76 Å². The maximum absolute atomic E-state index is 11.4. The van der Waals surface area contributed by atoms with Crippen LogP contribution in [0.15, 0.2) is 16.5 Å². The Bertz CT molecular complexity index is 567. The summed E-state index contributed by atoms with van der Waals surface area (Å²) in [6, 6.07) is 1.24. The molecule has 2 N–H and O–H groups in total. The van der Waals surface area contributed by atoms with Gasteiger partial charge in [-0.05, 0) is 6.07 Å². The van der Waals surface area contributed by atoms with Crippen molar-refractivity contribution in [3.05, 3.63) is 28.0 Å². The first kappa shape index (κ1) is 17.1. The van der Waals surface area contributed by atoms with E-state index in [-0.39, 0.29) is 13.2 Å². The zero-order valence-electron chi connectivity index (χ0n) is 11.5. The average molecular weight is 315 g/mol. The largest absolute Gasteiger partial charge is 0.450 e. The van der Waals surface area contributed by atoms with Crippen molar-refractivity contribution in [2.45, 2.75) is 0 Å². The van der Waals surface area contributed by atoms with Crippen LogP contribution in [0.4, 0.5) is 10.7 Å². The predicted molar refractivity (Wildman–Crippen MR) is 69.1 cm³/mol. The van der Waals surface area contributed by atoms with Crippen molar-refractivity contribution in [2.75, 3.05) is 26.9 Å². The Kier molecular flexibility index (Phi) is 6.50. The lowest BCUT2D eigenvalue weighted by Gasteiger charge is -2.06. The molecule has 11 heteroatoms. The second-order valence-corrected chi connectivity index (χ2v) is 3.77. The molecule has 0 aromatic carbocycles. The number of nitro groups is 1. The number of rotatable bonds is 7. The van der Waals surface area contributed by atoms with E-state index >= 15 is 0 Å². The summed E-state index contributed by atoms with van der Waals surface area (Å²) in [5, 5.41) is 14.6. The number of carbonyl (C=O) groups excluding carboxylic acids is 3. The molecule has 0 aliphatic rings. The van der Waals surface area contributed by atoms with Crippen LogP contribution >= 0.6 is 0 Å². The second-order valence-electron chi connectivity index (χ2n) is 3.77. The SMILES string of the molecule is COCCNC(=O)NC(=O)COC(=O)c1ccc([N+](=O)[O-])o1. The van der Waals surface area contributed by atoms with Gasteiger partial charge in [0, 0.05) is 13.7 Å². The Hall–Kier alpha value is -2.95. The highest BCUT2D eigenvalue weighted by Crippen LogP contribution is 2.16. The van der Waals surface area contributed by atoms with Crippen LogP contribution in [0.25, 0.3) is 0 Å². The van der Waals surface area contributed by atoms with Gasteiger partial charge in [0.1, 0.15) is 4.92 Å². The fraction of sp³-hybridized carbons (Fsp3) is 0.364. The van der Waals surface area contributed by atoms with Crippen molar-refractivity contribution in [1.82, 2.24) is 10.6 Å². The zero-order chi connectivity index (χ0) is 16.5. The van der Waals surface area contributed by atoms with Crippen molar-refractivity contribution in [1.29, 1.82) is 0 Å². The lowest BCUT2D eigenvalue weighted by atomic mass is 10.4. The molecule has 0 spiro atoms. The Morgan fingerprint density at radius 3 is 2.68 bits per heavy atom. The number of furan rings is 1. The van der Waals surface area contributed by atoms with Crippen LogP contribution < -0.4 is 10.6 Å². The quantitative estimate of drug-likeness (QED) is 0.304. The highest BCUT2D eigenvalue weighted by Gasteiger charge is 2.19.